The molecular formula is C23H23F2N3O3. The summed E-state index contributed by atoms with van der Waals surface area (Å²) in [5.74, 6) is -2.65. The van der Waals surface area contributed by atoms with Crippen LogP contribution in [-0.4, -0.2) is 38.0 Å². The van der Waals surface area contributed by atoms with Gasteiger partial charge in [0.2, 0.25) is 5.91 Å². The van der Waals surface area contributed by atoms with Crippen LogP contribution in [0.4, 0.5) is 8.78 Å². The highest BCUT2D eigenvalue weighted by Gasteiger charge is 2.27. The molecule has 0 atom stereocenters. The fourth-order valence-corrected chi connectivity index (χ4v) is 4.17. The first-order valence-corrected chi connectivity index (χ1v) is 10.3. The second-order valence-corrected chi connectivity index (χ2v) is 7.80. The number of fused-ring (bicyclic) bond motifs is 3. The highest BCUT2D eigenvalue weighted by molar-refractivity contribution is 5.84. The zero-order chi connectivity index (χ0) is 22.0. The van der Waals surface area contributed by atoms with Crippen molar-refractivity contribution in [3.63, 3.8) is 0 Å². The molecule has 3 heterocycles. The van der Waals surface area contributed by atoms with Crippen molar-refractivity contribution in [3.05, 3.63) is 65.0 Å². The largest absolute Gasteiger partial charge is 0.481 e. The van der Waals surface area contributed by atoms with Crippen LogP contribution >= 0.6 is 0 Å². The molecule has 1 aliphatic heterocycles. The van der Waals surface area contributed by atoms with Gasteiger partial charge in [-0.2, -0.15) is 0 Å². The third-order valence-corrected chi connectivity index (χ3v) is 5.72. The lowest BCUT2D eigenvalue weighted by Crippen LogP contribution is -2.36. The quantitative estimate of drug-likeness (QED) is 0.581. The average molecular weight is 427 g/mol. The van der Waals surface area contributed by atoms with Gasteiger partial charge in [-0.15, -0.1) is 0 Å². The molecule has 4 rings (SSSR count). The van der Waals surface area contributed by atoms with Crippen LogP contribution in [0.2, 0.25) is 0 Å². The summed E-state index contributed by atoms with van der Waals surface area (Å²) in [6.07, 6.45) is 3.76. The van der Waals surface area contributed by atoms with Gasteiger partial charge in [0.05, 0.1) is 6.54 Å². The summed E-state index contributed by atoms with van der Waals surface area (Å²) >= 11 is 0. The zero-order valence-corrected chi connectivity index (χ0v) is 17.0. The maximum Gasteiger partial charge on any atom is 0.303 e. The Hall–Kier alpha value is -3.29. The molecule has 1 amide bonds. The lowest BCUT2D eigenvalue weighted by Gasteiger charge is -2.28. The summed E-state index contributed by atoms with van der Waals surface area (Å²) in [5, 5.41) is 9.75. The van der Waals surface area contributed by atoms with Crippen LogP contribution in [0.15, 0.2) is 36.5 Å². The van der Waals surface area contributed by atoms with Gasteiger partial charge in [-0.05, 0) is 54.7 Å². The van der Waals surface area contributed by atoms with E-state index in [4.69, 9.17) is 5.11 Å². The maximum absolute atomic E-state index is 13.7. The van der Waals surface area contributed by atoms with Crippen molar-refractivity contribution in [2.45, 2.75) is 45.2 Å². The molecule has 0 saturated carbocycles. The SMILES string of the molecule is O=C(O)CCCCC(=O)N1CCc2c(n(Cc3ccc(F)c(F)c3)c3ncccc23)C1. The predicted octanol–water partition coefficient (Wildman–Crippen LogP) is 3.89. The topological polar surface area (TPSA) is 75.4 Å². The number of nitrogens with zero attached hydrogens (tertiary/aromatic N) is 3. The van der Waals surface area contributed by atoms with E-state index >= 15 is 0 Å². The number of benzene rings is 1. The molecule has 0 aliphatic carbocycles. The standard InChI is InChI=1S/C23H23F2N3O3/c24-18-8-7-15(12-19(18)25)13-28-20-14-27(21(29)5-1-2-6-22(30)31)11-9-16(20)17-4-3-10-26-23(17)28/h3-4,7-8,10,12H,1-2,5-6,9,11,13-14H2,(H,30,31). The molecule has 1 N–H and O–H groups in total. The fourth-order valence-electron chi connectivity index (χ4n) is 4.17. The molecule has 0 radical (unpaired) electrons. The van der Waals surface area contributed by atoms with Crippen molar-refractivity contribution in [1.29, 1.82) is 0 Å². The van der Waals surface area contributed by atoms with Crippen LogP contribution < -0.4 is 0 Å². The Balaban J connectivity index is 1.59. The Morgan fingerprint density at radius 3 is 2.68 bits per heavy atom. The predicted molar refractivity (Wildman–Crippen MR) is 110 cm³/mol. The highest BCUT2D eigenvalue weighted by Crippen LogP contribution is 2.31. The molecule has 8 heteroatoms. The minimum atomic E-state index is -0.894. The number of halogens is 2. The molecule has 31 heavy (non-hydrogen) atoms. The third-order valence-electron chi connectivity index (χ3n) is 5.72. The number of unbranched alkanes of at least 4 members (excludes halogenated alkanes) is 1. The van der Waals surface area contributed by atoms with Crippen molar-refractivity contribution in [3.8, 4) is 0 Å². The lowest BCUT2D eigenvalue weighted by molar-refractivity contribution is -0.137. The minimum absolute atomic E-state index is 0.00590. The van der Waals surface area contributed by atoms with Crippen molar-refractivity contribution in [1.82, 2.24) is 14.5 Å². The number of carbonyl (C=O) groups is 2. The van der Waals surface area contributed by atoms with Crippen LogP contribution in [0.1, 0.15) is 42.5 Å². The molecule has 0 fully saturated rings. The molecule has 2 aromatic heterocycles. The van der Waals surface area contributed by atoms with E-state index in [0.29, 0.717) is 50.9 Å². The Kier molecular flexibility index (Phi) is 5.97. The van der Waals surface area contributed by atoms with Crippen LogP contribution in [0, 0.1) is 11.6 Å². The highest BCUT2D eigenvalue weighted by atomic mass is 19.2. The maximum atomic E-state index is 13.7. The van der Waals surface area contributed by atoms with Crippen LogP contribution in [0.5, 0.6) is 0 Å². The van der Waals surface area contributed by atoms with Gasteiger partial charge in [-0.3, -0.25) is 9.59 Å². The normalized spacial score (nSPS) is 13.4. The van der Waals surface area contributed by atoms with Gasteiger partial charge in [0, 0.05) is 43.2 Å². The number of carbonyl (C=O) groups excluding carboxylic acids is 1. The summed E-state index contributed by atoms with van der Waals surface area (Å²) in [5.41, 5.74) is 3.44. The van der Waals surface area contributed by atoms with Gasteiger partial charge < -0.3 is 14.6 Å². The lowest BCUT2D eigenvalue weighted by atomic mass is 10.0. The van der Waals surface area contributed by atoms with Gasteiger partial charge in [0.1, 0.15) is 5.65 Å². The molecule has 0 unspecified atom stereocenters. The van der Waals surface area contributed by atoms with Gasteiger partial charge in [-0.25, -0.2) is 13.8 Å². The van der Waals surface area contributed by atoms with Crippen molar-refractivity contribution >= 4 is 22.9 Å². The summed E-state index contributed by atoms with van der Waals surface area (Å²) < 4.78 is 29.1. The van der Waals surface area contributed by atoms with Gasteiger partial charge in [0.25, 0.3) is 0 Å². The molecule has 1 aliphatic rings. The molecular weight excluding hydrogens is 404 g/mol. The number of amides is 1. The third kappa shape index (κ3) is 4.42. The van der Waals surface area contributed by atoms with Gasteiger partial charge in [-0.1, -0.05) is 6.07 Å². The molecule has 0 spiro atoms. The van der Waals surface area contributed by atoms with Gasteiger partial charge >= 0.3 is 5.97 Å². The Morgan fingerprint density at radius 2 is 1.90 bits per heavy atom. The summed E-state index contributed by atoms with van der Waals surface area (Å²) in [6.45, 7) is 1.32. The number of hydrogen-bond donors (Lipinski definition) is 1. The first-order chi connectivity index (χ1) is 14.9. The van der Waals surface area contributed by atoms with E-state index in [0.717, 1.165) is 28.4 Å². The summed E-state index contributed by atoms with van der Waals surface area (Å²) in [4.78, 5) is 29.6. The molecule has 162 valence electrons. The van der Waals surface area contributed by atoms with E-state index < -0.39 is 17.6 Å². The van der Waals surface area contributed by atoms with E-state index in [1.807, 2.05) is 16.7 Å². The molecule has 0 saturated heterocycles. The van der Waals surface area contributed by atoms with Crippen LogP contribution in [0.25, 0.3) is 11.0 Å². The number of rotatable bonds is 7. The zero-order valence-electron chi connectivity index (χ0n) is 17.0. The van der Waals surface area contributed by atoms with Crippen molar-refractivity contribution in [2.24, 2.45) is 0 Å². The smallest absolute Gasteiger partial charge is 0.303 e. The molecule has 1 aromatic carbocycles. The van der Waals surface area contributed by atoms with E-state index in [1.54, 1.807) is 17.2 Å². The first-order valence-electron chi connectivity index (χ1n) is 10.3. The number of carboxylic acid groups (broad SMARTS) is 1. The molecule has 3 aromatic rings. The van der Waals surface area contributed by atoms with Crippen LogP contribution in [0.3, 0.4) is 0 Å². The van der Waals surface area contributed by atoms with Crippen LogP contribution in [-0.2, 0) is 29.1 Å². The summed E-state index contributed by atoms with van der Waals surface area (Å²) in [6, 6.07) is 7.71. The van der Waals surface area contributed by atoms with Crippen molar-refractivity contribution < 1.29 is 23.5 Å². The number of carboxylic acids is 1. The second kappa shape index (κ2) is 8.83. The Bertz CT molecular complexity index is 1140. The monoisotopic (exact) mass is 427 g/mol. The van der Waals surface area contributed by atoms with E-state index in [-0.39, 0.29) is 12.3 Å². The molecule has 0 bridgehead atoms. The number of pyridine rings is 1. The van der Waals surface area contributed by atoms with E-state index in [1.165, 1.54) is 6.07 Å². The first kappa shape index (κ1) is 21.0. The van der Waals surface area contributed by atoms with Gasteiger partial charge in [0.15, 0.2) is 11.6 Å². The number of aliphatic carboxylic acids is 1. The van der Waals surface area contributed by atoms with Crippen molar-refractivity contribution in [2.75, 3.05) is 6.54 Å². The summed E-state index contributed by atoms with van der Waals surface area (Å²) in [7, 11) is 0. The molecule has 6 nitrogen and oxygen atoms in total. The van der Waals surface area contributed by atoms with E-state index in [2.05, 4.69) is 4.98 Å². The minimum Gasteiger partial charge on any atom is -0.481 e. The average Bonchev–Trinajstić information content (AvgIpc) is 3.07. The second-order valence-electron chi connectivity index (χ2n) is 7.80. The number of aromatic nitrogens is 2. The Morgan fingerprint density at radius 1 is 1.10 bits per heavy atom. The number of hydrogen-bond acceptors (Lipinski definition) is 3. The van der Waals surface area contributed by atoms with E-state index in [9.17, 15) is 18.4 Å². The fraction of sp³-hybridized carbons (Fsp3) is 0.348. The Labute approximate surface area is 178 Å².